The minimum Gasteiger partial charge on any atom is -0.384 e. The van der Waals surface area contributed by atoms with E-state index in [1.54, 1.807) is 19.9 Å². The second-order valence-corrected chi connectivity index (χ2v) is 4.72. The van der Waals surface area contributed by atoms with E-state index in [2.05, 4.69) is 17.2 Å². The molecule has 0 saturated carbocycles. The molecule has 0 aromatic heterocycles. The van der Waals surface area contributed by atoms with Crippen molar-refractivity contribution in [1.82, 2.24) is 0 Å². The molecule has 0 radical (unpaired) electrons. The Morgan fingerprint density at radius 3 is 2.68 bits per heavy atom. The minimum absolute atomic E-state index is 0.188. The maximum atomic E-state index is 12.0. The van der Waals surface area contributed by atoms with Gasteiger partial charge in [0.05, 0.1) is 0 Å². The van der Waals surface area contributed by atoms with Crippen LogP contribution in [0.4, 0.5) is 5.69 Å². The Hall–Kier alpha value is -1.83. The van der Waals surface area contributed by atoms with Gasteiger partial charge >= 0.3 is 0 Å². The molecule has 19 heavy (non-hydrogen) atoms. The third kappa shape index (κ3) is 4.40. The molecule has 0 aliphatic carbocycles. The van der Waals surface area contributed by atoms with E-state index in [0.717, 1.165) is 11.1 Å². The molecule has 1 aromatic rings. The molecule has 0 spiro atoms. The number of ether oxygens (including phenoxy) is 1. The molecule has 0 aliphatic rings. The van der Waals surface area contributed by atoms with Gasteiger partial charge in [0.25, 0.3) is 5.91 Å². The van der Waals surface area contributed by atoms with Crippen molar-refractivity contribution in [1.29, 1.82) is 0 Å². The van der Waals surface area contributed by atoms with E-state index < -0.39 is 5.60 Å². The molecule has 4 nitrogen and oxygen atoms in total. The maximum Gasteiger partial charge on any atom is 0.256 e. The lowest BCUT2D eigenvalue weighted by atomic mass is 10.1. The first-order valence-corrected chi connectivity index (χ1v) is 5.97. The summed E-state index contributed by atoms with van der Waals surface area (Å²) in [5, 5.41) is 11.5. The van der Waals surface area contributed by atoms with E-state index in [4.69, 9.17) is 9.84 Å². The van der Waals surface area contributed by atoms with E-state index >= 15 is 0 Å². The molecule has 1 rings (SSSR count). The number of aryl methyl sites for hydroxylation is 1. The van der Waals surface area contributed by atoms with Crippen LogP contribution < -0.4 is 5.32 Å². The van der Waals surface area contributed by atoms with Crippen LogP contribution in [-0.4, -0.2) is 30.3 Å². The highest BCUT2D eigenvalue weighted by molar-refractivity contribution is 5.96. The van der Waals surface area contributed by atoms with Gasteiger partial charge in [-0.15, -0.1) is 0 Å². The third-order valence-electron chi connectivity index (χ3n) is 2.70. The summed E-state index contributed by atoms with van der Waals surface area (Å²) in [6, 6.07) is 5.51. The van der Waals surface area contributed by atoms with Crippen molar-refractivity contribution in [3.63, 3.8) is 0 Å². The number of anilines is 1. The Kier molecular flexibility index (Phi) is 5.11. The summed E-state index contributed by atoms with van der Waals surface area (Å²) in [4.78, 5) is 12.0. The topological polar surface area (TPSA) is 58.6 Å². The van der Waals surface area contributed by atoms with Gasteiger partial charge in [0.15, 0.2) is 0 Å². The highest BCUT2D eigenvalue weighted by Crippen LogP contribution is 2.17. The second kappa shape index (κ2) is 6.37. The van der Waals surface area contributed by atoms with Crippen molar-refractivity contribution in [2.75, 3.05) is 19.0 Å². The van der Waals surface area contributed by atoms with E-state index in [-0.39, 0.29) is 12.5 Å². The summed E-state index contributed by atoms with van der Waals surface area (Å²) < 4.78 is 5.12. The molecular weight excluding hydrogens is 242 g/mol. The quantitative estimate of drug-likeness (QED) is 0.814. The minimum atomic E-state index is -0.888. The van der Waals surface area contributed by atoms with Gasteiger partial charge in [-0.2, -0.15) is 0 Å². The largest absolute Gasteiger partial charge is 0.384 e. The number of benzene rings is 1. The Labute approximate surface area is 113 Å². The molecule has 102 valence electrons. The summed E-state index contributed by atoms with van der Waals surface area (Å²) in [6.07, 6.45) is 0. The van der Waals surface area contributed by atoms with Gasteiger partial charge in [-0.25, -0.2) is 0 Å². The van der Waals surface area contributed by atoms with E-state index in [1.807, 2.05) is 19.1 Å². The summed E-state index contributed by atoms with van der Waals surface area (Å²) in [5.41, 5.74) is 1.51. The molecule has 0 unspecified atom stereocenters. The predicted molar refractivity (Wildman–Crippen MR) is 74.9 cm³/mol. The van der Waals surface area contributed by atoms with Gasteiger partial charge in [0.2, 0.25) is 0 Å². The third-order valence-corrected chi connectivity index (χ3v) is 2.70. The molecule has 0 heterocycles. The van der Waals surface area contributed by atoms with Gasteiger partial charge in [0.1, 0.15) is 12.2 Å². The van der Waals surface area contributed by atoms with E-state index in [1.165, 1.54) is 7.11 Å². The van der Waals surface area contributed by atoms with Gasteiger partial charge in [-0.05, 0) is 44.5 Å². The lowest BCUT2D eigenvalue weighted by Gasteiger charge is -2.21. The number of aliphatic hydroxyl groups excluding tert-OH is 1. The summed E-state index contributed by atoms with van der Waals surface area (Å²) in [5.74, 6) is 5.18. The van der Waals surface area contributed by atoms with Gasteiger partial charge < -0.3 is 15.2 Å². The molecule has 0 saturated heterocycles. The summed E-state index contributed by atoms with van der Waals surface area (Å²) >= 11 is 0. The zero-order valence-electron chi connectivity index (χ0n) is 11.7. The number of carbonyl (C=O) groups excluding carboxylic acids is 1. The predicted octanol–water partition coefficient (Wildman–Crippen LogP) is 1.70. The number of hydrogen-bond acceptors (Lipinski definition) is 3. The molecule has 1 aromatic carbocycles. The number of amides is 1. The molecular formula is C15H19NO3. The fraction of sp³-hybridized carbons (Fsp3) is 0.400. The first kappa shape index (κ1) is 15.2. The van der Waals surface area contributed by atoms with Crippen LogP contribution in [0, 0.1) is 18.8 Å². The fourth-order valence-electron chi connectivity index (χ4n) is 1.44. The van der Waals surface area contributed by atoms with Crippen LogP contribution in [0.1, 0.15) is 25.0 Å². The Balaban J connectivity index is 2.96. The van der Waals surface area contributed by atoms with Crippen molar-refractivity contribution in [3.05, 3.63) is 29.3 Å². The second-order valence-electron chi connectivity index (χ2n) is 4.72. The number of hydrogen-bond donors (Lipinski definition) is 2. The van der Waals surface area contributed by atoms with Gasteiger partial charge in [-0.3, -0.25) is 4.79 Å². The molecule has 4 heteroatoms. The molecule has 2 N–H and O–H groups in total. The van der Waals surface area contributed by atoms with Crippen LogP contribution in [0.2, 0.25) is 0 Å². The van der Waals surface area contributed by atoms with Gasteiger partial charge in [-0.1, -0.05) is 11.8 Å². The standard InChI is InChI=1S/C15H19NO3/c1-11-8-12(6-5-7-17)10-13(9-11)16-14(18)15(2,3)19-4/h8-10,17H,7H2,1-4H3,(H,16,18). The highest BCUT2D eigenvalue weighted by Gasteiger charge is 2.26. The number of rotatable bonds is 3. The zero-order valence-corrected chi connectivity index (χ0v) is 11.7. The fourth-order valence-corrected chi connectivity index (χ4v) is 1.44. The zero-order chi connectivity index (χ0) is 14.5. The smallest absolute Gasteiger partial charge is 0.256 e. The average Bonchev–Trinajstić information content (AvgIpc) is 2.35. The number of methoxy groups -OCH3 is 1. The first-order valence-electron chi connectivity index (χ1n) is 5.97. The molecule has 0 atom stereocenters. The number of nitrogens with one attached hydrogen (secondary N) is 1. The van der Waals surface area contributed by atoms with Crippen molar-refractivity contribution in [2.45, 2.75) is 26.4 Å². The number of aliphatic hydroxyl groups is 1. The molecule has 0 bridgehead atoms. The highest BCUT2D eigenvalue weighted by atomic mass is 16.5. The van der Waals surface area contributed by atoms with Crippen LogP contribution in [0.5, 0.6) is 0 Å². The Bertz CT molecular complexity index is 524. The SMILES string of the molecule is COC(C)(C)C(=O)Nc1cc(C)cc(C#CCO)c1. The Morgan fingerprint density at radius 2 is 2.11 bits per heavy atom. The van der Waals surface area contributed by atoms with Crippen LogP contribution >= 0.6 is 0 Å². The van der Waals surface area contributed by atoms with Crippen LogP contribution in [0.25, 0.3) is 0 Å². The van der Waals surface area contributed by atoms with Crippen molar-refractivity contribution >= 4 is 11.6 Å². The molecule has 0 fully saturated rings. The normalized spacial score (nSPS) is 10.6. The Morgan fingerprint density at radius 1 is 1.42 bits per heavy atom. The molecule has 0 aliphatic heterocycles. The summed E-state index contributed by atoms with van der Waals surface area (Å²) in [7, 11) is 1.49. The van der Waals surface area contributed by atoms with Crippen molar-refractivity contribution in [3.8, 4) is 11.8 Å². The van der Waals surface area contributed by atoms with Crippen molar-refractivity contribution in [2.24, 2.45) is 0 Å². The van der Waals surface area contributed by atoms with Crippen molar-refractivity contribution < 1.29 is 14.6 Å². The lowest BCUT2D eigenvalue weighted by molar-refractivity contribution is -0.133. The maximum absolute atomic E-state index is 12.0. The summed E-state index contributed by atoms with van der Waals surface area (Å²) in [6.45, 7) is 5.13. The monoisotopic (exact) mass is 261 g/mol. The average molecular weight is 261 g/mol. The first-order chi connectivity index (χ1) is 8.89. The lowest BCUT2D eigenvalue weighted by Crippen LogP contribution is -2.38. The van der Waals surface area contributed by atoms with Crippen LogP contribution in [-0.2, 0) is 9.53 Å². The number of carbonyl (C=O) groups is 1. The van der Waals surface area contributed by atoms with Crippen LogP contribution in [0.15, 0.2) is 18.2 Å². The van der Waals surface area contributed by atoms with E-state index in [0.29, 0.717) is 5.69 Å². The van der Waals surface area contributed by atoms with E-state index in [9.17, 15) is 4.79 Å². The van der Waals surface area contributed by atoms with Crippen LogP contribution in [0.3, 0.4) is 0 Å². The van der Waals surface area contributed by atoms with Gasteiger partial charge in [0, 0.05) is 18.4 Å². The molecule has 1 amide bonds.